The molecule has 0 heterocycles. The number of hydrazine groups is 1. The highest BCUT2D eigenvalue weighted by Crippen LogP contribution is 2.35. The van der Waals surface area contributed by atoms with Crippen molar-refractivity contribution < 1.29 is 14.7 Å². The SMILES string of the molecule is N/N=C/N(CCCCN=CNN)CCCCOc1c(Br)cc(C/C(=N/O)C(N)=O)cc1Br. The molecule has 0 aromatic heterocycles. The molecule has 1 aromatic carbocycles. The van der Waals surface area contributed by atoms with Crippen LogP contribution in [0.5, 0.6) is 5.75 Å². The molecule has 0 saturated carbocycles. The van der Waals surface area contributed by atoms with Gasteiger partial charge in [0, 0.05) is 26.1 Å². The summed E-state index contributed by atoms with van der Waals surface area (Å²) in [4.78, 5) is 17.4. The third-order valence-corrected chi connectivity index (χ3v) is 5.48. The van der Waals surface area contributed by atoms with E-state index in [4.69, 9.17) is 27.4 Å². The Bertz CT molecular complexity index is 782. The van der Waals surface area contributed by atoms with Crippen LogP contribution >= 0.6 is 31.9 Å². The summed E-state index contributed by atoms with van der Waals surface area (Å²) < 4.78 is 7.34. The molecule has 0 fully saturated rings. The summed E-state index contributed by atoms with van der Waals surface area (Å²) in [6.45, 7) is 2.89. The summed E-state index contributed by atoms with van der Waals surface area (Å²) in [6, 6.07) is 3.59. The minimum absolute atomic E-state index is 0.109. The maximum Gasteiger partial charge on any atom is 0.266 e. The molecule has 0 aliphatic heterocycles. The van der Waals surface area contributed by atoms with Crippen molar-refractivity contribution in [3.05, 3.63) is 26.6 Å². The molecule has 8 N–H and O–H groups in total. The Balaban J connectivity index is 2.45. The van der Waals surface area contributed by atoms with Gasteiger partial charge in [0.2, 0.25) is 0 Å². The van der Waals surface area contributed by atoms with Crippen molar-refractivity contribution >= 4 is 56.2 Å². The molecular weight excluding hydrogens is 548 g/mol. The number of oxime groups is 1. The van der Waals surface area contributed by atoms with Gasteiger partial charge in [0.25, 0.3) is 5.91 Å². The lowest BCUT2D eigenvalue weighted by Crippen LogP contribution is -2.25. The van der Waals surface area contributed by atoms with E-state index < -0.39 is 5.91 Å². The summed E-state index contributed by atoms with van der Waals surface area (Å²) >= 11 is 6.95. The largest absolute Gasteiger partial charge is 0.491 e. The Morgan fingerprint density at radius 3 is 2.41 bits per heavy atom. The second-order valence-electron chi connectivity index (χ2n) is 6.74. The number of benzene rings is 1. The van der Waals surface area contributed by atoms with Crippen molar-refractivity contribution in [2.24, 2.45) is 32.7 Å². The third kappa shape index (κ3) is 10.8. The van der Waals surface area contributed by atoms with E-state index in [0.717, 1.165) is 44.3 Å². The maximum absolute atomic E-state index is 11.2. The van der Waals surface area contributed by atoms with E-state index in [1.54, 1.807) is 18.5 Å². The number of nitrogens with zero attached hydrogens (tertiary/aromatic N) is 4. The van der Waals surface area contributed by atoms with Crippen LogP contribution in [0.4, 0.5) is 0 Å². The van der Waals surface area contributed by atoms with Crippen molar-refractivity contribution in [3.63, 3.8) is 0 Å². The van der Waals surface area contributed by atoms with Gasteiger partial charge in [-0.1, -0.05) is 5.16 Å². The minimum Gasteiger partial charge on any atom is -0.491 e. The average Bonchev–Trinajstić information content (AvgIpc) is 2.75. The maximum atomic E-state index is 11.2. The normalized spacial score (nSPS) is 11.9. The van der Waals surface area contributed by atoms with Gasteiger partial charge in [-0.3, -0.25) is 9.79 Å². The van der Waals surface area contributed by atoms with Gasteiger partial charge in [0.1, 0.15) is 17.8 Å². The van der Waals surface area contributed by atoms with Crippen LogP contribution in [0.2, 0.25) is 0 Å². The number of primary amides is 1. The molecule has 178 valence electrons. The highest BCUT2D eigenvalue weighted by molar-refractivity contribution is 9.11. The van der Waals surface area contributed by atoms with Gasteiger partial charge in [-0.05, 0) is 75.2 Å². The van der Waals surface area contributed by atoms with Crippen LogP contribution in [0, 0.1) is 0 Å². The molecule has 0 aliphatic rings. The van der Waals surface area contributed by atoms with Crippen LogP contribution < -0.4 is 27.6 Å². The molecule has 1 amide bonds. The minimum atomic E-state index is -0.772. The molecule has 0 bridgehead atoms. The predicted molar refractivity (Wildman–Crippen MR) is 133 cm³/mol. The van der Waals surface area contributed by atoms with Gasteiger partial charge in [-0.15, -0.1) is 0 Å². The van der Waals surface area contributed by atoms with Crippen LogP contribution in [-0.2, 0) is 11.2 Å². The standard InChI is InChI=1S/C19H30Br2N8O3/c20-15-9-14(11-17(28-31)19(22)30)10-16(21)18(15)32-8-4-3-7-29(13-27-24)6-2-1-5-25-12-26-23/h9-10,12-13,31H,1-8,11,23-24H2,(H2,22,30)(H,25,26)/b27-13+,28-17-. The molecule has 11 nitrogen and oxygen atoms in total. The summed E-state index contributed by atoms with van der Waals surface area (Å²) in [7, 11) is 0. The summed E-state index contributed by atoms with van der Waals surface area (Å²) in [5.74, 6) is 10.3. The van der Waals surface area contributed by atoms with Crippen molar-refractivity contribution in [1.29, 1.82) is 0 Å². The highest BCUT2D eigenvalue weighted by Gasteiger charge is 2.14. The smallest absolute Gasteiger partial charge is 0.266 e. The third-order valence-electron chi connectivity index (χ3n) is 4.30. The number of nitrogens with two attached hydrogens (primary N) is 3. The Morgan fingerprint density at radius 2 is 1.84 bits per heavy atom. The van der Waals surface area contributed by atoms with Crippen LogP contribution in [0.25, 0.3) is 0 Å². The molecular formula is C19H30Br2N8O3. The molecule has 0 radical (unpaired) electrons. The first kappa shape index (κ1) is 27.7. The zero-order valence-corrected chi connectivity index (χ0v) is 20.9. The summed E-state index contributed by atoms with van der Waals surface area (Å²) in [6.07, 6.45) is 6.89. The fraction of sp³-hybridized carbons (Fsp3) is 0.474. The number of aliphatic imine (C=N–C) groups is 1. The van der Waals surface area contributed by atoms with E-state index in [1.807, 2.05) is 0 Å². The van der Waals surface area contributed by atoms with Gasteiger partial charge >= 0.3 is 0 Å². The molecule has 1 aromatic rings. The number of nitrogens with one attached hydrogen (secondary N) is 1. The molecule has 0 aliphatic carbocycles. The molecule has 32 heavy (non-hydrogen) atoms. The van der Waals surface area contributed by atoms with Crippen LogP contribution in [0.1, 0.15) is 31.2 Å². The molecule has 0 spiro atoms. The van der Waals surface area contributed by atoms with E-state index in [1.165, 1.54) is 6.34 Å². The lowest BCUT2D eigenvalue weighted by molar-refractivity contribution is -0.112. The zero-order chi connectivity index (χ0) is 23.8. The van der Waals surface area contributed by atoms with E-state index >= 15 is 0 Å². The molecule has 0 saturated heterocycles. The predicted octanol–water partition coefficient (Wildman–Crippen LogP) is 1.70. The van der Waals surface area contributed by atoms with Crippen LogP contribution in [-0.4, -0.2) is 60.6 Å². The quantitative estimate of drug-likeness (QED) is 0.0495. The lowest BCUT2D eigenvalue weighted by atomic mass is 10.1. The second-order valence-corrected chi connectivity index (χ2v) is 8.45. The number of hydrogen-bond donors (Lipinski definition) is 5. The summed E-state index contributed by atoms with van der Waals surface area (Å²) in [5.41, 5.74) is 8.17. The first-order valence-corrected chi connectivity index (χ1v) is 11.5. The summed E-state index contributed by atoms with van der Waals surface area (Å²) in [5, 5.41) is 15.5. The number of hydrazone groups is 1. The van der Waals surface area contributed by atoms with Gasteiger partial charge in [-0.2, -0.15) is 5.10 Å². The van der Waals surface area contributed by atoms with E-state index in [9.17, 15) is 4.79 Å². The Morgan fingerprint density at radius 1 is 1.19 bits per heavy atom. The number of amides is 1. The van der Waals surface area contributed by atoms with Crippen LogP contribution in [0.3, 0.4) is 0 Å². The average molecular weight is 578 g/mol. The van der Waals surface area contributed by atoms with Gasteiger partial charge < -0.3 is 31.8 Å². The van der Waals surface area contributed by atoms with Crippen molar-refractivity contribution in [3.8, 4) is 5.75 Å². The van der Waals surface area contributed by atoms with Crippen molar-refractivity contribution in [2.45, 2.75) is 32.1 Å². The van der Waals surface area contributed by atoms with Crippen molar-refractivity contribution in [2.75, 3.05) is 26.2 Å². The van der Waals surface area contributed by atoms with Crippen molar-refractivity contribution in [1.82, 2.24) is 10.3 Å². The topological polar surface area (TPSA) is 177 Å². The highest BCUT2D eigenvalue weighted by atomic mass is 79.9. The second kappa shape index (κ2) is 16.3. The van der Waals surface area contributed by atoms with Gasteiger partial charge in [-0.25, -0.2) is 5.84 Å². The molecule has 13 heteroatoms. The Kier molecular flexibility index (Phi) is 14.1. The number of hydrogen-bond acceptors (Lipinski definition) is 8. The molecule has 0 unspecified atom stereocenters. The van der Waals surface area contributed by atoms with Crippen LogP contribution in [0.15, 0.2) is 36.3 Å². The first-order chi connectivity index (χ1) is 15.4. The fourth-order valence-corrected chi connectivity index (χ4v) is 4.28. The monoisotopic (exact) mass is 576 g/mol. The number of unbranched alkanes of at least 4 members (excludes halogenated alkanes) is 2. The first-order valence-electron chi connectivity index (χ1n) is 9.96. The number of carbonyl (C=O) groups excluding carboxylic acids is 1. The number of carbonyl (C=O) groups is 1. The number of rotatable bonds is 16. The number of ether oxygens (including phenoxy) is 1. The molecule has 1 rings (SSSR count). The van der Waals surface area contributed by atoms with Gasteiger partial charge in [0.15, 0.2) is 0 Å². The number of halogens is 2. The van der Waals surface area contributed by atoms with E-state index in [2.05, 4.69) is 57.4 Å². The fourth-order valence-electron chi connectivity index (χ4n) is 2.77. The van der Waals surface area contributed by atoms with E-state index in [0.29, 0.717) is 27.8 Å². The Hall–Kier alpha value is -2.38. The zero-order valence-electron chi connectivity index (χ0n) is 17.7. The van der Waals surface area contributed by atoms with Gasteiger partial charge in [0.05, 0.1) is 21.9 Å². The molecule has 0 atom stereocenters. The van der Waals surface area contributed by atoms with E-state index in [-0.39, 0.29) is 12.1 Å². The Labute approximate surface area is 204 Å². The lowest BCUT2D eigenvalue weighted by Gasteiger charge is -2.19.